The number of rotatable bonds is 4. The second-order valence-corrected chi connectivity index (χ2v) is 11.7. The smallest absolute Gasteiger partial charge is 0.490 e. The Morgan fingerprint density at radius 2 is 1.98 bits per heavy atom. The molecule has 2 saturated heterocycles. The molecule has 1 aromatic heterocycles. The van der Waals surface area contributed by atoms with E-state index in [-0.39, 0.29) is 35.2 Å². The van der Waals surface area contributed by atoms with Gasteiger partial charge >= 0.3 is 12.1 Å². The molecule has 10 atom stereocenters. The first-order valence-electron chi connectivity index (χ1n) is 13.7. The summed E-state index contributed by atoms with van der Waals surface area (Å²) in [4.78, 5) is 14.1. The molecule has 0 amide bonds. The summed E-state index contributed by atoms with van der Waals surface area (Å²) in [5, 5.41) is 51.9. The lowest BCUT2D eigenvalue weighted by Crippen LogP contribution is -2.70. The molecule has 0 saturated carbocycles. The topological polar surface area (TPSA) is 177 Å². The number of aryl methyl sites for hydroxylation is 1. The fourth-order valence-corrected chi connectivity index (χ4v) is 7.43. The third-order valence-corrected chi connectivity index (χ3v) is 9.30. The van der Waals surface area contributed by atoms with Crippen molar-refractivity contribution in [2.24, 2.45) is 5.92 Å². The standard InChI is InChI=1S/C27H28F3N3O10/c1-10-31-32-21(39-10)19-16(35)17(36)20(42-24(37)27(28,29)30)22(40-19)43-26(38)6-5-12-13-9-11-3-4-14(34)18-15(11)25(12,23(26)41-18)7-8-33(13)2/h3-6,12-13,16-17,19-20,22-23,34-36,38H,7-9H2,1-2H3/t12-,13+,16-,17-,19?,20+,22?,23+,25-,26-/m0/s1. The maximum atomic E-state index is 13.2. The number of likely N-dealkylation sites (N-methyl/N-ethyl adjacent to an activating group) is 1. The third kappa shape index (κ3) is 4.04. The summed E-state index contributed by atoms with van der Waals surface area (Å²) in [7, 11) is 1.99. The van der Waals surface area contributed by atoms with Crippen molar-refractivity contribution in [3.05, 3.63) is 47.2 Å². The highest BCUT2D eigenvalue weighted by atomic mass is 19.4. The molecule has 43 heavy (non-hydrogen) atoms. The first kappa shape index (κ1) is 28.5. The number of nitrogens with zero attached hydrogens (tertiary/aromatic N) is 3. The molecule has 2 bridgehead atoms. The number of hydrogen-bond donors (Lipinski definition) is 4. The van der Waals surface area contributed by atoms with E-state index >= 15 is 0 Å². The van der Waals surface area contributed by atoms with Crippen molar-refractivity contribution >= 4 is 5.97 Å². The van der Waals surface area contributed by atoms with Crippen LogP contribution in [0.2, 0.25) is 0 Å². The lowest BCUT2D eigenvalue weighted by atomic mass is 9.52. The lowest BCUT2D eigenvalue weighted by molar-refractivity contribution is -0.372. The van der Waals surface area contributed by atoms with E-state index < -0.39 is 60.2 Å². The van der Waals surface area contributed by atoms with Gasteiger partial charge in [0, 0.05) is 24.4 Å². The number of carbonyl (C=O) groups excluding carboxylic acids is 1. The van der Waals surface area contributed by atoms with Crippen LogP contribution >= 0.6 is 0 Å². The minimum atomic E-state index is -5.46. The molecule has 0 radical (unpaired) electrons. The first-order valence-corrected chi connectivity index (χ1v) is 13.7. The number of likely N-dealkylation sites (tertiary alicyclic amines) is 1. The van der Waals surface area contributed by atoms with Crippen molar-refractivity contribution in [1.82, 2.24) is 15.1 Å². The van der Waals surface area contributed by atoms with Gasteiger partial charge in [-0.25, -0.2) is 4.79 Å². The van der Waals surface area contributed by atoms with Gasteiger partial charge < -0.3 is 48.7 Å². The van der Waals surface area contributed by atoms with E-state index in [0.29, 0.717) is 19.4 Å². The number of piperidine rings is 1. The van der Waals surface area contributed by atoms with Crippen LogP contribution < -0.4 is 4.74 Å². The van der Waals surface area contributed by atoms with Crippen LogP contribution in [0.25, 0.3) is 0 Å². The van der Waals surface area contributed by atoms with E-state index in [1.54, 1.807) is 12.1 Å². The quantitative estimate of drug-likeness (QED) is 0.214. The Morgan fingerprint density at radius 3 is 2.67 bits per heavy atom. The summed E-state index contributed by atoms with van der Waals surface area (Å²) >= 11 is 0. The summed E-state index contributed by atoms with van der Waals surface area (Å²) in [5.74, 6) is -5.58. The first-order chi connectivity index (χ1) is 20.2. The second-order valence-electron chi connectivity index (χ2n) is 11.7. The molecule has 2 aromatic rings. The van der Waals surface area contributed by atoms with Crippen molar-refractivity contribution in [2.45, 2.75) is 80.0 Å². The largest absolute Gasteiger partial charge is 0.504 e. The van der Waals surface area contributed by atoms with Gasteiger partial charge in [-0.15, -0.1) is 10.2 Å². The molecular formula is C27H28F3N3O10. The number of aliphatic hydroxyl groups excluding tert-OH is 2. The van der Waals surface area contributed by atoms with Crippen LogP contribution in [0, 0.1) is 12.8 Å². The number of hydrogen-bond acceptors (Lipinski definition) is 13. The molecular weight excluding hydrogens is 583 g/mol. The predicted octanol–water partition coefficient (Wildman–Crippen LogP) is 0.527. The van der Waals surface area contributed by atoms with E-state index in [1.807, 2.05) is 7.05 Å². The molecule has 2 aliphatic carbocycles. The van der Waals surface area contributed by atoms with E-state index in [1.165, 1.54) is 19.1 Å². The molecule has 7 rings (SSSR count). The zero-order chi connectivity index (χ0) is 30.6. The number of phenols is 1. The fourth-order valence-electron chi connectivity index (χ4n) is 7.43. The summed E-state index contributed by atoms with van der Waals surface area (Å²) in [6, 6.07) is 3.31. The number of aliphatic hydroxyl groups is 3. The number of ether oxygens (including phenoxy) is 4. The Labute approximate surface area is 241 Å². The molecule has 3 aliphatic heterocycles. The normalized spacial score (nSPS) is 39.7. The monoisotopic (exact) mass is 611 g/mol. The Kier molecular flexibility index (Phi) is 6.20. The Hall–Kier alpha value is -3.28. The van der Waals surface area contributed by atoms with Crippen LogP contribution in [0.3, 0.4) is 0 Å². The minimum absolute atomic E-state index is 0.0113. The van der Waals surface area contributed by atoms with Crippen LogP contribution in [0.1, 0.15) is 35.4 Å². The maximum Gasteiger partial charge on any atom is 0.490 e. The van der Waals surface area contributed by atoms with Crippen molar-refractivity contribution in [2.75, 3.05) is 13.6 Å². The highest BCUT2D eigenvalue weighted by Gasteiger charge is 2.69. The molecule has 5 aliphatic rings. The van der Waals surface area contributed by atoms with Gasteiger partial charge in [-0.2, -0.15) is 13.2 Å². The molecule has 1 spiro atoms. The summed E-state index contributed by atoms with van der Waals surface area (Å²) in [5.41, 5.74) is 0.727. The van der Waals surface area contributed by atoms with Crippen LogP contribution in [-0.4, -0.2) is 104 Å². The SMILES string of the molecule is Cc1nnc(C2OC(O[C@@]3(O)C=C[C@H]4[C@H]5Cc6ccc(O)c7c6[C@@]4(CCN5C)[C@H]3O7)[C@H](OC(=O)C(F)(F)F)[C@@H](O)[C@@H]2O)o1. The zero-order valence-electron chi connectivity index (χ0n) is 22.8. The molecule has 232 valence electrons. The van der Waals surface area contributed by atoms with E-state index in [2.05, 4.69) is 19.8 Å². The second kappa shape index (κ2) is 9.36. The molecule has 13 nitrogen and oxygen atoms in total. The fraction of sp³-hybridized carbons (Fsp3) is 0.593. The summed E-state index contributed by atoms with van der Waals surface area (Å²) in [6.45, 7) is 2.04. The van der Waals surface area contributed by atoms with Crippen molar-refractivity contribution in [3.63, 3.8) is 0 Å². The highest BCUT2D eigenvalue weighted by molar-refractivity contribution is 5.75. The van der Waals surface area contributed by atoms with Crippen molar-refractivity contribution in [3.8, 4) is 11.5 Å². The zero-order valence-corrected chi connectivity index (χ0v) is 22.8. The molecule has 2 unspecified atom stereocenters. The average molecular weight is 612 g/mol. The van der Waals surface area contributed by atoms with Crippen LogP contribution in [0.5, 0.6) is 11.5 Å². The highest BCUT2D eigenvalue weighted by Crippen LogP contribution is 2.64. The van der Waals surface area contributed by atoms with Crippen LogP contribution in [-0.2, 0) is 30.8 Å². The Bertz CT molecular complexity index is 1500. The van der Waals surface area contributed by atoms with Crippen LogP contribution in [0.15, 0.2) is 28.7 Å². The third-order valence-electron chi connectivity index (χ3n) is 9.30. The molecule has 1 aromatic carbocycles. The van der Waals surface area contributed by atoms with Gasteiger partial charge in [-0.05, 0) is 44.1 Å². The number of benzene rings is 1. The number of phenolic OH excluding ortho intramolecular Hbond substituents is 1. The molecule has 4 N–H and O–H groups in total. The summed E-state index contributed by atoms with van der Waals surface area (Å²) < 4.78 is 67.4. The van der Waals surface area contributed by atoms with Gasteiger partial charge in [0.15, 0.2) is 29.8 Å². The predicted molar refractivity (Wildman–Crippen MR) is 132 cm³/mol. The molecule has 16 heteroatoms. The van der Waals surface area contributed by atoms with Gasteiger partial charge in [0.05, 0.1) is 5.41 Å². The van der Waals surface area contributed by atoms with Gasteiger partial charge in [0.2, 0.25) is 23.9 Å². The van der Waals surface area contributed by atoms with E-state index in [0.717, 1.165) is 11.1 Å². The average Bonchev–Trinajstić information content (AvgIpc) is 3.54. The van der Waals surface area contributed by atoms with Crippen molar-refractivity contribution in [1.29, 1.82) is 0 Å². The number of aromatic nitrogens is 2. The van der Waals surface area contributed by atoms with Gasteiger partial charge in [-0.3, -0.25) is 0 Å². The Balaban J connectivity index is 1.29. The number of esters is 1. The van der Waals surface area contributed by atoms with Gasteiger partial charge in [-0.1, -0.05) is 12.1 Å². The number of alkyl halides is 3. The van der Waals surface area contributed by atoms with Gasteiger partial charge in [0.25, 0.3) is 0 Å². The molecule has 4 heterocycles. The number of aromatic hydroxyl groups is 1. The van der Waals surface area contributed by atoms with E-state index in [4.69, 9.17) is 18.6 Å². The minimum Gasteiger partial charge on any atom is -0.504 e. The van der Waals surface area contributed by atoms with Crippen LogP contribution in [0.4, 0.5) is 13.2 Å². The Morgan fingerprint density at radius 1 is 1.21 bits per heavy atom. The van der Waals surface area contributed by atoms with E-state index in [9.17, 15) is 38.4 Å². The number of carbonyl (C=O) groups is 1. The van der Waals surface area contributed by atoms with Gasteiger partial charge in [0.1, 0.15) is 12.2 Å². The van der Waals surface area contributed by atoms with Crippen molar-refractivity contribution < 1.29 is 61.8 Å². The summed E-state index contributed by atoms with van der Waals surface area (Å²) in [6.07, 6.45) is -12.7. The molecule has 2 fully saturated rings. The maximum absolute atomic E-state index is 13.2. The lowest BCUT2D eigenvalue weighted by Gasteiger charge is -2.58. The number of halogens is 3.